The summed E-state index contributed by atoms with van der Waals surface area (Å²) in [5.74, 6) is 0.453. The van der Waals surface area contributed by atoms with Gasteiger partial charge in [-0.05, 0) is 19.4 Å². The van der Waals surface area contributed by atoms with Gasteiger partial charge < -0.3 is 15.4 Å². The summed E-state index contributed by atoms with van der Waals surface area (Å²) in [4.78, 5) is 5.38. The zero-order chi connectivity index (χ0) is 20.0. The summed E-state index contributed by atoms with van der Waals surface area (Å²) in [6.45, 7) is -1.25. The Labute approximate surface area is 177 Å². The quantitative estimate of drug-likeness (QED) is 0.260. The van der Waals surface area contributed by atoms with Crippen LogP contribution in [0.4, 0.5) is 22.0 Å². The van der Waals surface area contributed by atoms with Crippen molar-refractivity contribution in [3.63, 3.8) is 0 Å². The summed E-state index contributed by atoms with van der Waals surface area (Å²) in [5, 5.41) is 6.06. The zero-order valence-electron chi connectivity index (χ0n) is 15.5. The van der Waals surface area contributed by atoms with Crippen molar-refractivity contribution in [2.45, 2.75) is 38.7 Å². The molecule has 0 spiro atoms. The van der Waals surface area contributed by atoms with Crippen molar-refractivity contribution in [1.82, 2.24) is 15.5 Å². The number of hydrogen-bond acceptors (Lipinski definition) is 3. The van der Waals surface area contributed by atoms with Gasteiger partial charge in [0.2, 0.25) is 0 Å². The number of ether oxygens (including phenoxy) is 1. The van der Waals surface area contributed by atoms with Crippen molar-refractivity contribution in [2.75, 3.05) is 26.7 Å². The lowest BCUT2D eigenvalue weighted by Crippen LogP contribution is -2.45. The number of alkyl halides is 5. The Hall–Kier alpha value is -1.37. The molecule has 1 saturated heterocycles. The molecule has 0 aliphatic carbocycles. The average Bonchev–Trinajstić information content (AvgIpc) is 2.98. The number of aliphatic imine (C=N–C) groups is 1. The summed E-state index contributed by atoms with van der Waals surface area (Å²) >= 11 is 0. The molecule has 0 amide bonds. The Morgan fingerprint density at radius 3 is 2.68 bits per heavy atom. The molecular formula is C17H24F5IN4O. The van der Waals surface area contributed by atoms with Crippen LogP contribution in [-0.2, 0) is 6.54 Å². The molecule has 1 aliphatic rings. The van der Waals surface area contributed by atoms with E-state index in [-0.39, 0.29) is 48.9 Å². The van der Waals surface area contributed by atoms with E-state index in [1.54, 1.807) is 12.1 Å². The van der Waals surface area contributed by atoms with E-state index < -0.39 is 19.3 Å². The van der Waals surface area contributed by atoms with E-state index >= 15 is 0 Å². The number of guanidine groups is 1. The molecule has 0 saturated carbocycles. The fourth-order valence-electron chi connectivity index (χ4n) is 2.97. The van der Waals surface area contributed by atoms with Gasteiger partial charge in [0, 0.05) is 38.3 Å². The normalized spacial score (nSPS) is 18.1. The average molecular weight is 522 g/mol. The predicted molar refractivity (Wildman–Crippen MR) is 107 cm³/mol. The number of hydrogen-bond donors (Lipinski definition) is 2. The molecule has 1 atom stereocenters. The van der Waals surface area contributed by atoms with Crippen LogP contribution in [-0.4, -0.2) is 56.4 Å². The highest BCUT2D eigenvalue weighted by atomic mass is 127. The molecule has 1 fully saturated rings. The maximum atomic E-state index is 12.5. The van der Waals surface area contributed by atoms with Crippen LogP contribution in [0.3, 0.4) is 0 Å². The van der Waals surface area contributed by atoms with E-state index in [2.05, 4.69) is 20.4 Å². The van der Waals surface area contributed by atoms with Crippen LogP contribution in [0.25, 0.3) is 0 Å². The van der Waals surface area contributed by atoms with Gasteiger partial charge in [0.1, 0.15) is 5.75 Å². The summed E-state index contributed by atoms with van der Waals surface area (Å²) < 4.78 is 67.0. The SMILES string of the molecule is CN=C(NCc1cc(C)ccc1OC(F)F)NC1CCN(CC(F)(F)F)C1.I. The van der Waals surface area contributed by atoms with E-state index in [1.165, 1.54) is 18.0 Å². The Bertz CT molecular complexity index is 657. The largest absolute Gasteiger partial charge is 0.434 e. The van der Waals surface area contributed by atoms with Gasteiger partial charge in [-0.2, -0.15) is 22.0 Å². The number of nitrogens with one attached hydrogen (secondary N) is 2. The molecule has 28 heavy (non-hydrogen) atoms. The lowest BCUT2D eigenvalue weighted by Gasteiger charge is -2.20. The molecule has 160 valence electrons. The standard InChI is InChI=1S/C17H23F5N4O.HI/c1-11-3-4-14(27-15(18)19)12(7-11)8-24-16(23-2)25-13-5-6-26(9-13)10-17(20,21)22;/h3-4,7,13,15H,5-6,8-10H2,1-2H3,(H2,23,24,25);1H. The minimum absolute atomic E-state index is 0. The number of nitrogens with zero attached hydrogens (tertiary/aromatic N) is 2. The highest BCUT2D eigenvalue weighted by Crippen LogP contribution is 2.22. The second-order valence-corrected chi connectivity index (χ2v) is 6.40. The second kappa shape index (κ2) is 11.0. The third kappa shape index (κ3) is 8.33. The Morgan fingerprint density at radius 2 is 2.07 bits per heavy atom. The Kier molecular flexibility index (Phi) is 9.67. The smallest absolute Gasteiger partial charge is 0.401 e. The molecule has 5 nitrogen and oxygen atoms in total. The summed E-state index contributed by atoms with van der Waals surface area (Å²) in [7, 11) is 1.53. The van der Waals surface area contributed by atoms with Gasteiger partial charge in [-0.1, -0.05) is 17.7 Å². The van der Waals surface area contributed by atoms with Gasteiger partial charge in [0.15, 0.2) is 5.96 Å². The van der Waals surface area contributed by atoms with Crippen LogP contribution in [0.5, 0.6) is 5.75 Å². The molecule has 1 aromatic carbocycles. The van der Waals surface area contributed by atoms with Gasteiger partial charge in [-0.3, -0.25) is 9.89 Å². The van der Waals surface area contributed by atoms with Gasteiger partial charge in [-0.15, -0.1) is 24.0 Å². The van der Waals surface area contributed by atoms with Crippen molar-refractivity contribution >= 4 is 29.9 Å². The van der Waals surface area contributed by atoms with Crippen LogP contribution in [0.1, 0.15) is 17.5 Å². The molecule has 0 radical (unpaired) electrons. The number of aryl methyl sites for hydroxylation is 1. The first-order valence-electron chi connectivity index (χ1n) is 8.47. The second-order valence-electron chi connectivity index (χ2n) is 6.40. The molecule has 1 heterocycles. The Morgan fingerprint density at radius 1 is 1.36 bits per heavy atom. The first-order chi connectivity index (χ1) is 12.7. The molecule has 1 aliphatic heterocycles. The first-order valence-corrected chi connectivity index (χ1v) is 8.47. The van der Waals surface area contributed by atoms with Crippen LogP contribution in [0.2, 0.25) is 0 Å². The molecule has 2 N–H and O–H groups in total. The fourth-order valence-corrected chi connectivity index (χ4v) is 2.97. The molecule has 0 bridgehead atoms. The summed E-state index contributed by atoms with van der Waals surface area (Å²) in [5.41, 5.74) is 1.42. The van der Waals surface area contributed by atoms with E-state index in [4.69, 9.17) is 0 Å². The van der Waals surface area contributed by atoms with Crippen molar-refractivity contribution in [1.29, 1.82) is 0 Å². The van der Waals surface area contributed by atoms with Gasteiger partial charge >= 0.3 is 12.8 Å². The van der Waals surface area contributed by atoms with E-state index in [1.807, 2.05) is 6.92 Å². The van der Waals surface area contributed by atoms with Crippen LogP contribution >= 0.6 is 24.0 Å². The third-order valence-corrected chi connectivity index (χ3v) is 4.12. The lowest BCUT2D eigenvalue weighted by atomic mass is 10.1. The Balaban J connectivity index is 0.00000392. The van der Waals surface area contributed by atoms with E-state index in [0.717, 1.165) is 5.56 Å². The minimum Gasteiger partial charge on any atom is -0.434 e. The fraction of sp³-hybridized carbons (Fsp3) is 0.588. The summed E-state index contributed by atoms with van der Waals surface area (Å²) in [6.07, 6.45) is -3.66. The molecule has 2 rings (SSSR count). The van der Waals surface area contributed by atoms with Crippen molar-refractivity contribution in [3.8, 4) is 5.75 Å². The molecule has 11 heteroatoms. The van der Waals surface area contributed by atoms with Crippen molar-refractivity contribution in [2.24, 2.45) is 4.99 Å². The van der Waals surface area contributed by atoms with Gasteiger partial charge in [0.05, 0.1) is 6.54 Å². The summed E-state index contributed by atoms with van der Waals surface area (Å²) in [6, 6.07) is 4.69. The number of rotatable bonds is 6. The first kappa shape index (κ1) is 24.7. The topological polar surface area (TPSA) is 48.9 Å². The maximum absolute atomic E-state index is 12.5. The third-order valence-electron chi connectivity index (χ3n) is 4.12. The van der Waals surface area contributed by atoms with E-state index in [0.29, 0.717) is 24.5 Å². The minimum atomic E-state index is -4.22. The molecule has 1 aromatic rings. The number of likely N-dealkylation sites (tertiary alicyclic amines) is 1. The van der Waals surface area contributed by atoms with Crippen LogP contribution in [0, 0.1) is 6.92 Å². The van der Waals surface area contributed by atoms with Gasteiger partial charge in [0.25, 0.3) is 0 Å². The molecule has 0 aromatic heterocycles. The molecular weight excluding hydrogens is 498 g/mol. The molecule has 1 unspecified atom stereocenters. The van der Waals surface area contributed by atoms with E-state index in [9.17, 15) is 22.0 Å². The van der Waals surface area contributed by atoms with Crippen LogP contribution in [0.15, 0.2) is 23.2 Å². The highest BCUT2D eigenvalue weighted by Gasteiger charge is 2.34. The van der Waals surface area contributed by atoms with Crippen molar-refractivity contribution < 1.29 is 26.7 Å². The number of halogens is 6. The lowest BCUT2D eigenvalue weighted by molar-refractivity contribution is -0.143. The maximum Gasteiger partial charge on any atom is 0.401 e. The zero-order valence-corrected chi connectivity index (χ0v) is 17.9. The highest BCUT2D eigenvalue weighted by molar-refractivity contribution is 14.0. The monoisotopic (exact) mass is 522 g/mol. The number of benzene rings is 1. The van der Waals surface area contributed by atoms with Crippen molar-refractivity contribution in [3.05, 3.63) is 29.3 Å². The van der Waals surface area contributed by atoms with Gasteiger partial charge in [-0.25, -0.2) is 0 Å². The van der Waals surface area contributed by atoms with Crippen LogP contribution < -0.4 is 15.4 Å². The predicted octanol–water partition coefficient (Wildman–Crippen LogP) is 3.52.